The van der Waals surface area contributed by atoms with Crippen molar-refractivity contribution in [1.82, 2.24) is 5.43 Å². The predicted molar refractivity (Wildman–Crippen MR) is 108 cm³/mol. The lowest BCUT2D eigenvalue weighted by atomic mass is 10.2. The number of carbonyl (C=O) groups is 1. The number of phenols is 1. The highest BCUT2D eigenvalue weighted by Crippen LogP contribution is 2.20. The lowest BCUT2D eigenvalue weighted by Crippen LogP contribution is -2.18. The summed E-state index contributed by atoms with van der Waals surface area (Å²) in [6, 6.07) is 21.5. The van der Waals surface area contributed by atoms with Crippen LogP contribution in [0.5, 0.6) is 11.5 Å². The van der Waals surface area contributed by atoms with Gasteiger partial charge in [0.2, 0.25) is 0 Å². The topological polar surface area (TPSA) is 70.9 Å². The van der Waals surface area contributed by atoms with Crippen LogP contribution in [0.1, 0.15) is 21.5 Å². The van der Waals surface area contributed by atoms with Gasteiger partial charge in [0.15, 0.2) is 0 Å². The molecule has 2 N–H and O–H groups in total. The molecule has 0 aliphatic carbocycles. The molecule has 0 fully saturated rings. The van der Waals surface area contributed by atoms with Crippen molar-refractivity contribution in [2.24, 2.45) is 5.10 Å². The first-order valence-electron chi connectivity index (χ1n) is 8.21. The van der Waals surface area contributed by atoms with E-state index in [4.69, 9.17) is 4.74 Å². The van der Waals surface area contributed by atoms with Gasteiger partial charge in [0.1, 0.15) is 18.1 Å². The van der Waals surface area contributed by atoms with E-state index in [1.165, 1.54) is 6.21 Å². The molecule has 0 heterocycles. The molecule has 136 valence electrons. The number of halogens is 1. The summed E-state index contributed by atoms with van der Waals surface area (Å²) in [4.78, 5) is 12.4. The standard InChI is InChI=1S/C21H17BrN2O3/c22-17-11-9-15(10-12-17)14-27-20-8-4-2-6-18(20)21(26)24-23-13-16-5-1-3-7-19(16)25/h1-13,25H,14H2,(H,24,26). The van der Waals surface area contributed by atoms with Gasteiger partial charge in [-0.3, -0.25) is 4.79 Å². The number of hydrazone groups is 1. The maximum absolute atomic E-state index is 12.4. The number of carbonyl (C=O) groups excluding carboxylic acids is 1. The highest BCUT2D eigenvalue weighted by molar-refractivity contribution is 9.10. The number of hydrogen-bond donors (Lipinski definition) is 2. The van der Waals surface area contributed by atoms with Crippen LogP contribution in [0, 0.1) is 0 Å². The fraction of sp³-hybridized carbons (Fsp3) is 0.0476. The van der Waals surface area contributed by atoms with Gasteiger partial charge in [-0.15, -0.1) is 0 Å². The first-order valence-corrected chi connectivity index (χ1v) is 9.00. The van der Waals surface area contributed by atoms with Crippen LogP contribution >= 0.6 is 15.9 Å². The maximum atomic E-state index is 12.4. The number of amides is 1. The normalized spacial score (nSPS) is 10.7. The monoisotopic (exact) mass is 424 g/mol. The molecule has 5 nitrogen and oxygen atoms in total. The summed E-state index contributed by atoms with van der Waals surface area (Å²) in [6.07, 6.45) is 1.39. The average molecular weight is 425 g/mol. The van der Waals surface area contributed by atoms with Crippen LogP contribution in [-0.2, 0) is 6.61 Å². The van der Waals surface area contributed by atoms with E-state index < -0.39 is 5.91 Å². The van der Waals surface area contributed by atoms with Gasteiger partial charge in [-0.05, 0) is 42.0 Å². The summed E-state index contributed by atoms with van der Waals surface area (Å²) in [5, 5.41) is 13.6. The number of phenolic OH excluding ortho intramolecular Hbond substituents is 1. The maximum Gasteiger partial charge on any atom is 0.275 e. The number of rotatable bonds is 6. The molecule has 0 aliphatic rings. The van der Waals surface area contributed by atoms with Gasteiger partial charge in [0.05, 0.1) is 11.8 Å². The van der Waals surface area contributed by atoms with Crippen LogP contribution < -0.4 is 10.2 Å². The number of hydrogen-bond acceptors (Lipinski definition) is 4. The summed E-state index contributed by atoms with van der Waals surface area (Å²) >= 11 is 3.39. The molecule has 3 aromatic carbocycles. The van der Waals surface area contributed by atoms with E-state index in [0.29, 0.717) is 23.5 Å². The molecule has 6 heteroatoms. The largest absolute Gasteiger partial charge is 0.507 e. The predicted octanol–water partition coefficient (Wildman–Crippen LogP) is 4.50. The molecule has 0 bridgehead atoms. The highest BCUT2D eigenvalue weighted by Gasteiger charge is 2.11. The van der Waals surface area contributed by atoms with E-state index in [-0.39, 0.29) is 5.75 Å². The Morgan fingerprint density at radius 2 is 1.74 bits per heavy atom. The van der Waals surface area contributed by atoms with Crippen molar-refractivity contribution < 1.29 is 14.6 Å². The number of nitrogens with one attached hydrogen (secondary N) is 1. The smallest absolute Gasteiger partial charge is 0.275 e. The fourth-order valence-corrected chi connectivity index (χ4v) is 2.60. The minimum atomic E-state index is -0.395. The van der Waals surface area contributed by atoms with Gasteiger partial charge in [-0.25, -0.2) is 5.43 Å². The minimum absolute atomic E-state index is 0.0914. The van der Waals surface area contributed by atoms with Crippen molar-refractivity contribution in [3.05, 3.63) is 94.0 Å². The van der Waals surface area contributed by atoms with Crippen LogP contribution in [0.15, 0.2) is 82.4 Å². The van der Waals surface area contributed by atoms with E-state index in [1.54, 1.807) is 48.5 Å². The SMILES string of the molecule is O=C(NN=Cc1ccccc1O)c1ccccc1OCc1ccc(Br)cc1. The lowest BCUT2D eigenvalue weighted by molar-refractivity contribution is 0.0950. The second-order valence-electron chi connectivity index (χ2n) is 5.67. The third-order valence-electron chi connectivity index (χ3n) is 3.75. The van der Waals surface area contributed by atoms with E-state index in [0.717, 1.165) is 10.0 Å². The van der Waals surface area contributed by atoms with Crippen molar-refractivity contribution in [2.75, 3.05) is 0 Å². The van der Waals surface area contributed by atoms with Crippen molar-refractivity contribution in [1.29, 1.82) is 0 Å². The first-order chi connectivity index (χ1) is 13.1. The Bertz CT molecular complexity index is 956. The third-order valence-corrected chi connectivity index (χ3v) is 4.27. The van der Waals surface area contributed by atoms with Crippen LogP contribution in [0.4, 0.5) is 0 Å². The Morgan fingerprint density at radius 1 is 1.04 bits per heavy atom. The number of ether oxygens (including phenoxy) is 1. The van der Waals surface area contributed by atoms with E-state index in [1.807, 2.05) is 24.3 Å². The summed E-state index contributed by atoms with van der Waals surface area (Å²) in [5.41, 5.74) is 4.34. The zero-order valence-corrected chi connectivity index (χ0v) is 15.9. The van der Waals surface area contributed by atoms with E-state index in [2.05, 4.69) is 26.5 Å². The number of para-hydroxylation sites is 2. The Hall–Kier alpha value is -3.12. The molecule has 0 unspecified atom stereocenters. The molecule has 27 heavy (non-hydrogen) atoms. The molecule has 0 aliphatic heterocycles. The quantitative estimate of drug-likeness (QED) is 0.452. The van der Waals surface area contributed by atoms with E-state index in [9.17, 15) is 9.90 Å². The van der Waals surface area contributed by atoms with E-state index >= 15 is 0 Å². The van der Waals surface area contributed by atoms with Crippen molar-refractivity contribution in [3.8, 4) is 11.5 Å². The Labute approximate surface area is 165 Å². The molecule has 0 atom stereocenters. The van der Waals surface area contributed by atoms with Crippen LogP contribution in [0.2, 0.25) is 0 Å². The second-order valence-corrected chi connectivity index (χ2v) is 6.58. The summed E-state index contributed by atoms with van der Waals surface area (Å²) in [7, 11) is 0. The molecule has 0 spiro atoms. The highest BCUT2D eigenvalue weighted by atomic mass is 79.9. The van der Waals surface area contributed by atoms with Gasteiger partial charge in [-0.2, -0.15) is 5.10 Å². The second kappa shape index (κ2) is 9.00. The number of aromatic hydroxyl groups is 1. The Morgan fingerprint density at radius 3 is 2.52 bits per heavy atom. The zero-order valence-electron chi connectivity index (χ0n) is 14.3. The molecule has 0 saturated carbocycles. The number of benzene rings is 3. The molecular formula is C21H17BrN2O3. The molecule has 0 aromatic heterocycles. The molecule has 3 aromatic rings. The minimum Gasteiger partial charge on any atom is -0.507 e. The van der Waals surface area contributed by atoms with Crippen molar-refractivity contribution >= 4 is 28.1 Å². The molecular weight excluding hydrogens is 408 g/mol. The van der Waals surface area contributed by atoms with Crippen molar-refractivity contribution in [2.45, 2.75) is 6.61 Å². The van der Waals surface area contributed by atoms with Gasteiger partial charge < -0.3 is 9.84 Å². The van der Waals surface area contributed by atoms with Crippen LogP contribution in [-0.4, -0.2) is 17.2 Å². The summed E-state index contributed by atoms with van der Waals surface area (Å²) < 4.78 is 6.79. The van der Waals surface area contributed by atoms with Gasteiger partial charge in [0, 0.05) is 10.0 Å². The average Bonchev–Trinajstić information content (AvgIpc) is 2.69. The summed E-state index contributed by atoms with van der Waals surface area (Å²) in [5.74, 6) is 0.164. The van der Waals surface area contributed by atoms with Crippen LogP contribution in [0.25, 0.3) is 0 Å². The lowest BCUT2D eigenvalue weighted by Gasteiger charge is -2.10. The zero-order chi connectivity index (χ0) is 19.1. The Kier molecular flexibility index (Phi) is 6.22. The molecule has 3 rings (SSSR count). The van der Waals surface area contributed by atoms with Gasteiger partial charge in [-0.1, -0.05) is 52.3 Å². The third kappa shape index (κ3) is 5.18. The molecule has 1 amide bonds. The summed E-state index contributed by atoms with van der Waals surface area (Å²) in [6.45, 7) is 0.346. The number of nitrogens with zero attached hydrogens (tertiary/aromatic N) is 1. The first kappa shape index (κ1) is 18.7. The fourth-order valence-electron chi connectivity index (χ4n) is 2.34. The van der Waals surface area contributed by atoms with Gasteiger partial charge in [0.25, 0.3) is 5.91 Å². The molecule has 0 saturated heterocycles. The van der Waals surface area contributed by atoms with Crippen LogP contribution in [0.3, 0.4) is 0 Å². The molecule has 0 radical (unpaired) electrons. The van der Waals surface area contributed by atoms with Crippen molar-refractivity contribution in [3.63, 3.8) is 0 Å². The van der Waals surface area contributed by atoms with Gasteiger partial charge >= 0.3 is 0 Å². The Balaban J connectivity index is 1.66.